The van der Waals surface area contributed by atoms with E-state index < -0.39 is 0 Å². The number of benzene rings is 1. The van der Waals surface area contributed by atoms with Gasteiger partial charge in [-0.1, -0.05) is 30.3 Å². The van der Waals surface area contributed by atoms with Gasteiger partial charge in [0.1, 0.15) is 11.5 Å². The number of nitrogens with one attached hydrogen (secondary N) is 1. The lowest BCUT2D eigenvalue weighted by atomic mass is 10.2. The Labute approximate surface area is 106 Å². The number of hydrogen-bond acceptors (Lipinski definition) is 3. The lowest BCUT2D eigenvalue weighted by Crippen LogP contribution is -2.03. The van der Waals surface area contributed by atoms with Crippen LogP contribution in [-0.2, 0) is 18.1 Å². The van der Waals surface area contributed by atoms with Gasteiger partial charge in [-0.15, -0.1) is 11.8 Å². The number of hydrogen-bond donors (Lipinski definition) is 1. The minimum absolute atomic E-state index is 0.795. The summed E-state index contributed by atoms with van der Waals surface area (Å²) in [6.45, 7) is 0.795. The van der Waals surface area contributed by atoms with Gasteiger partial charge >= 0.3 is 0 Å². The Hall–Kier alpha value is -1.19. The average Bonchev–Trinajstić information content (AvgIpc) is 2.79. The van der Waals surface area contributed by atoms with E-state index in [9.17, 15) is 0 Å². The number of furan rings is 1. The quantitative estimate of drug-likeness (QED) is 0.846. The molecule has 90 valence electrons. The average molecular weight is 247 g/mol. The molecule has 17 heavy (non-hydrogen) atoms. The van der Waals surface area contributed by atoms with E-state index in [0.29, 0.717) is 0 Å². The summed E-state index contributed by atoms with van der Waals surface area (Å²) in [4.78, 5) is 0. The fourth-order valence-electron chi connectivity index (χ4n) is 1.61. The molecule has 3 heteroatoms. The third-order valence-electron chi connectivity index (χ3n) is 2.42. The van der Waals surface area contributed by atoms with Crippen molar-refractivity contribution in [3.05, 3.63) is 59.5 Å². The van der Waals surface area contributed by atoms with Crippen molar-refractivity contribution in [2.24, 2.45) is 0 Å². The van der Waals surface area contributed by atoms with Crippen LogP contribution in [0.5, 0.6) is 0 Å². The summed E-state index contributed by atoms with van der Waals surface area (Å²) in [5, 5.41) is 3.08. The molecule has 2 nitrogen and oxygen atoms in total. The maximum absolute atomic E-state index is 5.68. The highest BCUT2D eigenvalue weighted by atomic mass is 32.2. The highest BCUT2D eigenvalue weighted by molar-refractivity contribution is 7.97. The topological polar surface area (TPSA) is 25.2 Å². The van der Waals surface area contributed by atoms with Gasteiger partial charge in [-0.2, -0.15) is 0 Å². The maximum atomic E-state index is 5.68. The highest BCUT2D eigenvalue weighted by Gasteiger charge is 2.01. The van der Waals surface area contributed by atoms with Crippen molar-refractivity contribution >= 4 is 11.8 Å². The van der Waals surface area contributed by atoms with Gasteiger partial charge in [-0.3, -0.25) is 0 Å². The molecule has 0 saturated carbocycles. The lowest BCUT2D eigenvalue weighted by molar-refractivity contribution is 0.469. The smallest absolute Gasteiger partial charge is 0.117 e. The van der Waals surface area contributed by atoms with Crippen LogP contribution in [0.15, 0.2) is 46.9 Å². The molecule has 0 aliphatic rings. The van der Waals surface area contributed by atoms with E-state index in [1.807, 2.05) is 30.9 Å². The molecule has 0 unspecified atom stereocenters. The van der Waals surface area contributed by atoms with Gasteiger partial charge in [0, 0.05) is 5.75 Å². The maximum Gasteiger partial charge on any atom is 0.117 e. The molecule has 0 bridgehead atoms. The molecule has 0 radical (unpaired) electrons. The molecule has 0 amide bonds. The van der Waals surface area contributed by atoms with Gasteiger partial charge < -0.3 is 9.73 Å². The first kappa shape index (κ1) is 12.3. The van der Waals surface area contributed by atoms with Crippen LogP contribution >= 0.6 is 11.8 Å². The third-order valence-corrected chi connectivity index (χ3v) is 3.45. The predicted octanol–water partition coefficient (Wildman–Crippen LogP) is 3.43. The van der Waals surface area contributed by atoms with Crippen LogP contribution in [0.2, 0.25) is 0 Å². The van der Waals surface area contributed by atoms with Crippen LogP contribution < -0.4 is 5.32 Å². The molecule has 2 aromatic rings. The van der Waals surface area contributed by atoms with Gasteiger partial charge in [0.2, 0.25) is 0 Å². The third kappa shape index (κ3) is 3.95. The van der Waals surface area contributed by atoms with Crippen LogP contribution in [0, 0.1) is 0 Å². The molecular formula is C14H17NOS. The van der Waals surface area contributed by atoms with E-state index >= 15 is 0 Å². The van der Waals surface area contributed by atoms with Crippen LogP contribution in [0.3, 0.4) is 0 Å². The van der Waals surface area contributed by atoms with E-state index in [1.54, 1.807) is 0 Å². The molecule has 1 heterocycles. The summed E-state index contributed by atoms with van der Waals surface area (Å²) in [7, 11) is 1.92. The summed E-state index contributed by atoms with van der Waals surface area (Å²) < 4.78 is 5.68. The predicted molar refractivity (Wildman–Crippen MR) is 72.9 cm³/mol. The minimum atomic E-state index is 0.795. The van der Waals surface area contributed by atoms with Crippen molar-refractivity contribution in [2.75, 3.05) is 7.05 Å². The van der Waals surface area contributed by atoms with Crippen LogP contribution in [0.1, 0.15) is 17.1 Å². The van der Waals surface area contributed by atoms with E-state index in [2.05, 4.69) is 35.6 Å². The number of rotatable bonds is 6. The summed E-state index contributed by atoms with van der Waals surface area (Å²) in [5.41, 5.74) is 1.36. The standard InChI is InChI=1S/C14H17NOS/c1-15-9-13-7-8-14(16-13)11-17-10-12-5-3-2-4-6-12/h2-8,15H,9-11H2,1H3. The Morgan fingerprint density at radius 1 is 1.00 bits per heavy atom. The Kier molecular flexibility index (Phi) is 4.71. The summed E-state index contributed by atoms with van der Waals surface area (Å²) in [5.74, 6) is 4.01. The van der Waals surface area contributed by atoms with Crippen LogP contribution in [0.25, 0.3) is 0 Å². The van der Waals surface area contributed by atoms with E-state index in [4.69, 9.17) is 4.42 Å². The molecule has 0 atom stereocenters. The second-order valence-corrected chi connectivity index (χ2v) is 4.86. The highest BCUT2D eigenvalue weighted by Crippen LogP contribution is 2.19. The minimum Gasteiger partial charge on any atom is -0.464 e. The first-order chi connectivity index (χ1) is 8.38. The monoisotopic (exact) mass is 247 g/mol. The molecule has 2 rings (SSSR count). The summed E-state index contributed by atoms with van der Waals surface area (Å²) in [6.07, 6.45) is 0. The Morgan fingerprint density at radius 2 is 1.76 bits per heavy atom. The summed E-state index contributed by atoms with van der Waals surface area (Å²) >= 11 is 1.88. The lowest BCUT2D eigenvalue weighted by Gasteiger charge is -2.00. The van der Waals surface area contributed by atoms with Crippen molar-refractivity contribution in [1.82, 2.24) is 5.32 Å². The van der Waals surface area contributed by atoms with Crippen molar-refractivity contribution in [3.8, 4) is 0 Å². The SMILES string of the molecule is CNCc1ccc(CSCc2ccccc2)o1. The van der Waals surface area contributed by atoms with Crippen molar-refractivity contribution in [1.29, 1.82) is 0 Å². The molecule has 0 aliphatic carbocycles. The van der Waals surface area contributed by atoms with Crippen LogP contribution in [-0.4, -0.2) is 7.05 Å². The first-order valence-electron chi connectivity index (χ1n) is 5.72. The van der Waals surface area contributed by atoms with Crippen molar-refractivity contribution < 1.29 is 4.42 Å². The fraction of sp³-hybridized carbons (Fsp3) is 0.286. The second kappa shape index (κ2) is 6.52. The Balaban J connectivity index is 1.78. The van der Waals surface area contributed by atoms with Gasteiger partial charge in [0.25, 0.3) is 0 Å². The molecule has 1 aromatic carbocycles. The van der Waals surface area contributed by atoms with Gasteiger partial charge in [-0.05, 0) is 24.7 Å². The first-order valence-corrected chi connectivity index (χ1v) is 6.88. The molecule has 1 N–H and O–H groups in total. The molecule has 1 aromatic heterocycles. The summed E-state index contributed by atoms with van der Waals surface area (Å²) in [6, 6.07) is 14.6. The Morgan fingerprint density at radius 3 is 2.53 bits per heavy atom. The van der Waals surface area contributed by atoms with Crippen molar-refractivity contribution in [3.63, 3.8) is 0 Å². The van der Waals surface area contributed by atoms with E-state index in [0.717, 1.165) is 29.6 Å². The molecule has 0 aliphatic heterocycles. The van der Waals surface area contributed by atoms with E-state index in [1.165, 1.54) is 5.56 Å². The molecular weight excluding hydrogens is 230 g/mol. The Bertz CT molecular complexity index is 438. The molecule has 0 saturated heterocycles. The zero-order chi connectivity index (χ0) is 11.9. The van der Waals surface area contributed by atoms with Gasteiger partial charge in [-0.25, -0.2) is 0 Å². The van der Waals surface area contributed by atoms with Crippen LogP contribution in [0.4, 0.5) is 0 Å². The largest absolute Gasteiger partial charge is 0.464 e. The normalized spacial score (nSPS) is 10.6. The second-order valence-electron chi connectivity index (χ2n) is 3.88. The van der Waals surface area contributed by atoms with Crippen molar-refractivity contribution in [2.45, 2.75) is 18.1 Å². The number of thioether (sulfide) groups is 1. The molecule has 0 fully saturated rings. The zero-order valence-electron chi connectivity index (χ0n) is 9.98. The fourth-order valence-corrected chi connectivity index (χ4v) is 2.50. The van der Waals surface area contributed by atoms with Gasteiger partial charge in [0.05, 0.1) is 12.3 Å². The molecule has 0 spiro atoms. The van der Waals surface area contributed by atoms with Gasteiger partial charge in [0.15, 0.2) is 0 Å². The zero-order valence-corrected chi connectivity index (χ0v) is 10.8. The van der Waals surface area contributed by atoms with E-state index in [-0.39, 0.29) is 0 Å².